The molecule has 10 heteroatoms. The van der Waals surface area contributed by atoms with Crippen molar-refractivity contribution in [2.75, 3.05) is 12.0 Å². The largest absolute Gasteiger partial charge is 0.467 e. The second kappa shape index (κ2) is 9.23. The summed E-state index contributed by atoms with van der Waals surface area (Å²) in [4.78, 5) is 39.4. The van der Waals surface area contributed by atoms with Gasteiger partial charge in [0.15, 0.2) is 11.6 Å². The third-order valence-corrected chi connectivity index (χ3v) is 7.10. The lowest BCUT2D eigenvalue weighted by atomic mass is 9.98. The number of anilines is 2. The minimum absolute atomic E-state index is 0.0256. The Morgan fingerprint density at radius 3 is 2.38 bits per heavy atom. The van der Waals surface area contributed by atoms with Gasteiger partial charge < -0.3 is 10.1 Å². The molecule has 6 nitrogen and oxygen atoms in total. The van der Waals surface area contributed by atoms with Gasteiger partial charge in [0, 0.05) is 12.1 Å². The third kappa shape index (κ3) is 4.13. The van der Waals surface area contributed by atoms with Gasteiger partial charge in [0.05, 0.1) is 28.8 Å². The molecular weight excluding hydrogens is 509 g/mol. The second-order valence-electron chi connectivity index (χ2n) is 9.00. The molecule has 1 atom stereocenters. The summed E-state index contributed by atoms with van der Waals surface area (Å²) in [6.45, 7) is 0. The number of rotatable bonds is 6. The molecule has 37 heavy (non-hydrogen) atoms. The van der Waals surface area contributed by atoms with E-state index in [4.69, 9.17) is 16.3 Å². The number of nitrogens with one attached hydrogen (secondary N) is 1. The molecule has 1 saturated carbocycles. The lowest BCUT2D eigenvalue weighted by Gasteiger charge is -2.20. The number of methoxy groups -OCH3 is 1. The topological polar surface area (TPSA) is 75.7 Å². The number of ether oxygens (including phenoxy) is 1. The van der Waals surface area contributed by atoms with Gasteiger partial charge in [-0.3, -0.25) is 14.5 Å². The highest BCUT2D eigenvalue weighted by Crippen LogP contribution is 2.59. The number of amides is 2. The van der Waals surface area contributed by atoms with Gasteiger partial charge in [-0.2, -0.15) is 0 Å². The van der Waals surface area contributed by atoms with Gasteiger partial charge in [-0.1, -0.05) is 35.9 Å². The highest BCUT2D eigenvalue weighted by Gasteiger charge is 2.60. The quantitative estimate of drug-likeness (QED) is 0.458. The number of nitrogens with zero attached hydrogens (tertiary/aromatic N) is 1. The molecule has 2 aliphatic rings. The van der Waals surface area contributed by atoms with Crippen molar-refractivity contribution in [3.8, 4) is 0 Å². The average Bonchev–Trinajstić information content (AvgIpc) is 3.64. The molecule has 0 saturated heterocycles. The van der Waals surface area contributed by atoms with Crippen LogP contribution in [0.1, 0.15) is 34.3 Å². The van der Waals surface area contributed by atoms with Crippen molar-refractivity contribution in [3.63, 3.8) is 0 Å². The fourth-order valence-corrected chi connectivity index (χ4v) is 4.98. The summed E-state index contributed by atoms with van der Waals surface area (Å²) in [6.07, 6.45) is 1.10. The molecule has 0 bridgehead atoms. The lowest BCUT2D eigenvalue weighted by Crippen LogP contribution is -2.43. The Hall–Kier alpha value is -3.85. The maximum absolute atomic E-state index is 14.8. The molecule has 2 amide bonds. The van der Waals surface area contributed by atoms with Crippen LogP contribution in [0.25, 0.3) is 0 Å². The molecule has 5 rings (SSSR count). The summed E-state index contributed by atoms with van der Waals surface area (Å²) >= 11 is 5.95. The van der Waals surface area contributed by atoms with E-state index in [1.807, 2.05) is 0 Å². The van der Waals surface area contributed by atoms with Crippen molar-refractivity contribution in [1.82, 2.24) is 5.32 Å². The van der Waals surface area contributed by atoms with Gasteiger partial charge in [-0.05, 0) is 54.3 Å². The molecule has 1 fully saturated rings. The normalized spacial score (nSPS) is 15.9. The van der Waals surface area contributed by atoms with E-state index >= 15 is 0 Å². The van der Waals surface area contributed by atoms with Crippen molar-refractivity contribution in [1.29, 1.82) is 0 Å². The highest BCUT2D eigenvalue weighted by molar-refractivity contribution is 6.33. The van der Waals surface area contributed by atoms with E-state index in [1.165, 1.54) is 23.1 Å². The monoisotopic (exact) mass is 528 g/mol. The minimum atomic E-state index is -1.17. The number of esters is 1. The Morgan fingerprint density at radius 1 is 1.05 bits per heavy atom. The van der Waals surface area contributed by atoms with Crippen LogP contribution >= 0.6 is 11.6 Å². The van der Waals surface area contributed by atoms with Gasteiger partial charge in [0.25, 0.3) is 5.91 Å². The van der Waals surface area contributed by atoms with E-state index in [1.54, 1.807) is 24.3 Å². The van der Waals surface area contributed by atoms with Gasteiger partial charge in [0.2, 0.25) is 5.91 Å². The molecular formula is C27H20ClF3N2O4. The summed E-state index contributed by atoms with van der Waals surface area (Å²) in [5, 5.41) is 2.33. The van der Waals surface area contributed by atoms with Gasteiger partial charge in [-0.25, -0.2) is 18.0 Å². The Labute approximate surface area is 215 Å². The molecule has 1 heterocycles. The number of benzene rings is 3. The third-order valence-electron chi connectivity index (χ3n) is 6.79. The predicted molar refractivity (Wildman–Crippen MR) is 129 cm³/mol. The van der Waals surface area contributed by atoms with Crippen LogP contribution in [0.3, 0.4) is 0 Å². The standard InChI is InChI=1S/C27H20ClF3N2O4/c1-37-25(35)20(32-24(34)21-17(28)3-2-4-18(21)29)13-14-5-7-15(8-6-14)33-23-16(9-10-19(30)22(23)31)27(11-12-27)26(33)36/h2-10,20H,11-13H2,1H3,(H,32,34)/t20-/m0/s1. The molecule has 190 valence electrons. The van der Waals surface area contributed by atoms with Crippen LogP contribution in [0.15, 0.2) is 54.6 Å². The Morgan fingerprint density at radius 2 is 1.76 bits per heavy atom. The molecule has 3 aromatic rings. The van der Waals surface area contributed by atoms with Gasteiger partial charge >= 0.3 is 5.97 Å². The summed E-state index contributed by atoms with van der Waals surface area (Å²) in [5.74, 6) is -4.94. The molecule has 0 aromatic heterocycles. The van der Waals surface area contributed by atoms with Crippen LogP contribution in [0.2, 0.25) is 5.02 Å². The minimum Gasteiger partial charge on any atom is -0.467 e. The maximum atomic E-state index is 14.8. The van der Waals surface area contributed by atoms with Crippen LogP contribution in [-0.2, 0) is 26.2 Å². The maximum Gasteiger partial charge on any atom is 0.328 e. The zero-order chi connectivity index (χ0) is 26.5. The molecule has 1 aliphatic carbocycles. The molecule has 3 aromatic carbocycles. The number of fused-ring (bicyclic) bond motifs is 2. The van der Waals surface area contributed by atoms with Crippen molar-refractivity contribution < 1.29 is 32.3 Å². The first-order valence-electron chi connectivity index (χ1n) is 11.4. The van der Waals surface area contributed by atoms with Crippen LogP contribution in [-0.4, -0.2) is 30.9 Å². The van der Waals surface area contributed by atoms with E-state index in [2.05, 4.69) is 5.32 Å². The summed E-state index contributed by atoms with van der Waals surface area (Å²) in [6, 6.07) is 11.4. The predicted octanol–water partition coefficient (Wildman–Crippen LogP) is 4.98. The van der Waals surface area contributed by atoms with Gasteiger partial charge in [-0.15, -0.1) is 0 Å². The van der Waals surface area contributed by atoms with E-state index in [0.717, 1.165) is 19.2 Å². The highest BCUT2D eigenvalue weighted by atomic mass is 35.5. The number of hydrogen-bond donors (Lipinski definition) is 1. The van der Waals surface area contributed by atoms with Crippen molar-refractivity contribution in [2.24, 2.45) is 0 Å². The number of carbonyl (C=O) groups excluding carboxylic acids is 3. The van der Waals surface area contributed by atoms with Crippen molar-refractivity contribution >= 4 is 40.8 Å². The number of halogens is 4. The van der Waals surface area contributed by atoms with E-state index < -0.39 is 46.3 Å². The number of hydrogen-bond acceptors (Lipinski definition) is 4. The molecule has 0 unspecified atom stereocenters. The van der Waals surface area contributed by atoms with E-state index in [0.29, 0.717) is 29.7 Å². The fourth-order valence-electron chi connectivity index (χ4n) is 4.73. The SMILES string of the molecule is COC(=O)[C@H](Cc1ccc(N2C(=O)C3(CC3)c3ccc(F)c(F)c32)cc1)NC(=O)c1c(F)cccc1Cl. The molecule has 1 spiro atoms. The van der Waals surface area contributed by atoms with E-state index in [-0.39, 0.29) is 23.0 Å². The molecule has 1 N–H and O–H groups in total. The Balaban J connectivity index is 1.40. The first kappa shape index (κ1) is 24.8. The zero-order valence-electron chi connectivity index (χ0n) is 19.5. The first-order valence-corrected chi connectivity index (χ1v) is 11.8. The summed E-state index contributed by atoms with van der Waals surface area (Å²) < 4.78 is 47.8. The van der Waals surface area contributed by atoms with Crippen molar-refractivity contribution in [2.45, 2.75) is 30.7 Å². The smallest absolute Gasteiger partial charge is 0.328 e. The Bertz CT molecular complexity index is 1420. The summed E-state index contributed by atoms with van der Waals surface area (Å²) in [7, 11) is 1.15. The van der Waals surface area contributed by atoms with Crippen LogP contribution in [0, 0.1) is 17.5 Å². The average molecular weight is 529 g/mol. The number of carbonyl (C=O) groups is 3. The van der Waals surface area contributed by atoms with Crippen LogP contribution in [0.4, 0.5) is 24.5 Å². The van der Waals surface area contributed by atoms with Gasteiger partial charge in [0.1, 0.15) is 11.9 Å². The fraction of sp³-hybridized carbons (Fsp3) is 0.222. The van der Waals surface area contributed by atoms with E-state index in [9.17, 15) is 27.6 Å². The molecule has 0 radical (unpaired) electrons. The Kier molecular flexibility index (Phi) is 6.19. The van der Waals surface area contributed by atoms with Crippen molar-refractivity contribution in [3.05, 3.63) is 93.8 Å². The van der Waals surface area contributed by atoms with Crippen LogP contribution in [0.5, 0.6) is 0 Å². The van der Waals surface area contributed by atoms with Crippen LogP contribution < -0.4 is 10.2 Å². The zero-order valence-corrected chi connectivity index (χ0v) is 20.2. The molecule has 1 aliphatic heterocycles. The second-order valence-corrected chi connectivity index (χ2v) is 9.40. The summed E-state index contributed by atoms with van der Waals surface area (Å²) in [5.41, 5.74) is 0.0591. The lowest BCUT2D eigenvalue weighted by molar-refractivity contribution is -0.142. The first-order chi connectivity index (χ1) is 17.7.